The second kappa shape index (κ2) is 12.1. The van der Waals surface area contributed by atoms with Crippen molar-refractivity contribution < 1.29 is 22.7 Å². The average molecular weight is 503 g/mol. The predicted octanol–water partition coefficient (Wildman–Crippen LogP) is 3.93. The quantitative estimate of drug-likeness (QED) is 0.375. The zero-order chi connectivity index (χ0) is 24.6. The lowest BCUT2D eigenvalue weighted by Crippen LogP contribution is -2.43. The van der Waals surface area contributed by atoms with Crippen LogP contribution in [0.25, 0.3) is 0 Å². The number of methoxy groups -OCH3 is 2. The Labute approximate surface area is 205 Å². The number of sulfonamides is 1. The third kappa shape index (κ3) is 6.89. The summed E-state index contributed by atoms with van der Waals surface area (Å²) in [6, 6.07) is 19.8. The van der Waals surface area contributed by atoms with Crippen LogP contribution in [0.3, 0.4) is 0 Å². The summed E-state index contributed by atoms with van der Waals surface area (Å²) in [5.74, 6) is 0.279. The van der Waals surface area contributed by atoms with Crippen LogP contribution in [0.4, 0.5) is 0 Å². The largest absolute Gasteiger partial charge is 0.497 e. The molecule has 0 aliphatic rings. The third-order valence-electron chi connectivity index (χ3n) is 5.27. The van der Waals surface area contributed by atoms with Crippen LogP contribution < -0.4 is 4.74 Å². The normalized spacial score (nSPS) is 11.5. The first-order valence-corrected chi connectivity index (χ1v) is 13.1. The lowest BCUT2D eigenvalue weighted by atomic mass is 10.2. The number of hydrogen-bond donors (Lipinski definition) is 0. The molecular formula is C25H30N2O5S2. The first-order valence-electron chi connectivity index (χ1n) is 10.8. The van der Waals surface area contributed by atoms with Gasteiger partial charge in [0.15, 0.2) is 0 Å². The smallest absolute Gasteiger partial charge is 0.243 e. The first kappa shape index (κ1) is 25.9. The van der Waals surface area contributed by atoms with Crippen LogP contribution in [-0.2, 0) is 32.6 Å². The van der Waals surface area contributed by atoms with Crippen LogP contribution in [0.5, 0.6) is 5.75 Å². The van der Waals surface area contributed by atoms with Gasteiger partial charge in [0.2, 0.25) is 15.9 Å². The molecule has 0 N–H and O–H groups in total. The molecule has 182 valence electrons. The van der Waals surface area contributed by atoms with E-state index in [9.17, 15) is 13.2 Å². The van der Waals surface area contributed by atoms with E-state index in [4.69, 9.17) is 9.47 Å². The molecule has 0 saturated carbocycles. The first-order chi connectivity index (χ1) is 16.3. The van der Waals surface area contributed by atoms with Gasteiger partial charge >= 0.3 is 0 Å². The van der Waals surface area contributed by atoms with Crippen molar-refractivity contribution in [3.8, 4) is 5.75 Å². The van der Waals surface area contributed by atoms with Crippen LogP contribution in [-0.4, -0.2) is 57.4 Å². The van der Waals surface area contributed by atoms with Gasteiger partial charge in [0, 0.05) is 30.0 Å². The van der Waals surface area contributed by atoms with Crippen molar-refractivity contribution in [2.75, 3.05) is 33.9 Å². The zero-order valence-electron chi connectivity index (χ0n) is 19.6. The maximum atomic E-state index is 13.5. The van der Waals surface area contributed by atoms with Crippen LogP contribution in [0, 0.1) is 6.92 Å². The summed E-state index contributed by atoms with van der Waals surface area (Å²) >= 11 is 1.63. The number of hydrogen-bond acceptors (Lipinski definition) is 6. The topological polar surface area (TPSA) is 76.2 Å². The molecule has 7 nitrogen and oxygen atoms in total. The van der Waals surface area contributed by atoms with Gasteiger partial charge in [0.05, 0.1) is 31.7 Å². The molecule has 1 heterocycles. The van der Waals surface area contributed by atoms with Crippen molar-refractivity contribution in [1.29, 1.82) is 0 Å². The van der Waals surface area contributed by atoms with E-state index in [1.54, 1.807) is 28.4 Å². The molecular weight excluding hydrogens is 472 g/mol. The van der Waals surface area contributed by atoms with Crippen LogP contribution in [0.15, 0.2) is 71.6 Å². The molecule has 3 aromatic rings. The number of aryl methyl sites for hydroxylation is 1. The average Bonchev–Trinajstić information content (AvgIpc) is 3.26. The van der Waals surface area contributed by atoms with Gasteiger partial charge in [0.1, 0.15) is 5.75 Å². The molecule has 0 atom stereocenters. The van der Waals surface area contributed by atoms with E-state index in [1.165, 1.54) is 30.7 Å². The monoisotopic (exact) mass is 502 g/mol. The Kier molecular flexibility index (Phi) is 9.23. The van der Waals surface area contributed by atoms with E-state index in [-0.39, 0.29) is 30.5 Å². The van der Waals surface area contributed by atoms with Crippen LogP contribution >= 0.6 is 11.3 Å². The van der Waals surface area contributed by atoms with E-state index in [0.29, 0.717) is 18.8 Å². The second-order valence-electron chi connectivity index (χ2n) is 7.75. The Morgan fingerprint density at radius 3 is 2.24 bits per heavy atom. The predicted molar refractivity (Wildman–Crippen MR) is 133 cm³/mol. The molecule has 2 aromatic carbocycles. The highest BCUT2D eigenvalue weighted by atomic mass is 32.2. The number of carbonyl (C=O) groups excluding carboxylic acids is 1. The minimum absolute atomic E-state index is 0.0634. The lowest BCUT2D eigenvalue weighted by Gasteiger charge is -2.27. The van der Waals surface area contributed by atoms with E-state index in [1.807, 2.05) is 49.4 Å². The number of amides is 1. The van der Waals surface area contributed by atoms with Crippen molar-refractivity contribution >= 4 is 27.3 Å². The third-order valence-corrected chi connectivity index (χ3v) is 8.11. The minimum Gasteiger partial charge on any atom is -0.497 e. The Morgan fingerprint density at radius 1 is 0.941 bits per heavy atom. The van der Waals surface area contributed by atoms with E-state index < -0.39 is 10.0 Å². The van der Waals surface area contributed by atoms with Crippen molar-refractivity contribution in [3.05, 3.63) is 82.0 Å². The molecule has 9 heteroatoms. The van der Waals surface area contributed by atoms with Gasteiger partial charge in [-0.1, -0.05) is 30.3 Å². The van der Waals surface area contributed by atoms with Crippen LogP contribution in [0.1, 0.15) is 15.3 Å². The Hall–Kier alpha value is -2.72. The summed E-state index contributed by atoms with van der Waals surface area (Å²) in [5.41, 5.74) is 0.977. The molecule has 34 heavy (non-hydrogen) atoms. The van der Waals surface area contributed by atoms with Gasteiger partial charge in [0.25, 0.3) is 0 Å². The van der Waals surface area contributed by atoms with Gasteiger partial charge < -0.3 is 14.4 Å². The second-order valence-corrected chi connectivity index (χ2v) is 11.1. The van der Waals surface area contributed by atoms with Gasteiger partial charge in [-0.2, -0.15) is 4.31 Å². The minimum atomic E-state index is -3.92. The van der Waals surface area contributed by atoms with Gasteiger partial charge in [-0.15, -0.1) is 11.3 Å². The maximum absolute atomic E-state index is 13.5. The highest BCUT2D eigenvalue weighted by Crippen LogP contribution is 2.22. The number of thiophene rings is 1. The molecule has 0 spiro atoms. The molecule has 1 aromatic heterocycles. The summed E-state index contributed by atoms with van der Waals surface area (Å²) in [6.07, 6.45) is 0. The number of carbonyl (C=O) groups is 1. The fourth-order valence-electron chi connectivity index (χ4n) is 3.42. The van der Waals surface area contributed by atoms with Crippen molar-refractivity contribution in [2.45, 2.75) is 24.9 Å². The molecule has 3 rings (SSSR count). The summed E-state index contributed by atoms with van der Waals surface area (Å²) in [7, 11) is -0.897. The molecule has 0 aliphatic carbocycles. The molecule has 0 unspecified atom stereocenters. The highest BCUT2D eigenvalue weighted by Gasteiger charge is 2.28. The Bertz CT molecular complexity index is 1160. The SMILES string of the molecule is COCCN(CC(=O)N(Cc1ccccc1)Cc1ccc(C)s1)S(=O)(=O)c1ccc(OC)cc1. The summed E-state index contributed by atoms with van der Waals surface area (Å²) < 4.78 is 38.2. The molecule has 1 amide bonds. The molecule has 0 fully saturated rings. The zero-order valence-corrected chi connectivity index (χ0v) is 21.3. The van der Waals surface area contributed by atoms with Crippen LogP contribution in [0.2, 0.25) is 0 Å². The Balaban J connectivity index is 1.85. The fraction of sp³-hybridized carbons (Fsp3) is 0.320. The van der Waals surface area contributed by atoms with Gasteiger partial charge in [-0.05, 0) is 48.9 Å². The summed E-state index contributed by atoms with van der Waals surface area (Å²) in [5, 5.41) is 0. The maximum Gasteiger partial charge on any atom is 0.243 e. The number of rotatable bonds is 12. The van der Waals surface area contributed by atoms with Gasteiger partial charge in [-0.3, -0.25) is 4.79 Å². The van der Waals surface area contributed by atoms with Gasteiger partial charge in [-0.25, -0.2) is 8.42 Å². The Morgan fingerprint density at radius 2 is 1.65 bits per heavy atom. The fourth-order valence-corrected chi connectivity index (χ4v) is 5.70. The van der Waals surface area contributed by atoms with Crippen molar-refractivity contribution in [1.82, 2.24) is 9.21 Å². The summed E-state index contributed by atoms with van der Waals surface area (Å²) in [6.45, 7) is 2.77. The lowest BCUT2D eigenvalue weighted by molar-refractivity contribution is -0.132. The summed E-state index contributed by atoms with van der Waals surface area (Å²) in [4.78, 5) is 17.5. The standard InChI is InChI=1S/C25H30N2O5S2/c1-20-9-12-23(33-20)18-26(17-21-7-5-4-6-8-21)25(28)19-27(15-16-31-2)34(29,30)24-13-10-22(32-3)11-14-24/h4-14H,15-19H2,1-3H3. The molecule has 0 saturated heterocycles. The highest BCUT2D eigenvalue weighted by molar-refractivity contribution is 7.89. The van der Waals surface area contributed by atoms with E-state index >= 15 is 0 Å². The molecule has 0 aliphatic heterocycles. The number of benzene rings is 2. The molecule has 0 bridgehead atoms. The number of nitrogens with zero attached hydrogens (tertiary/aromatic N) is 2. The number of ether oxygens (including phenoxy) is 2. The van der Waals surface area contributed by atoms with E-state index in [2.05, 4.69) is 0 Å². The van der Waals surface area contributed by atoms with Crippen molar-refractivity contribution in [3.63, 3.8) is 0 Å². The molecule has 0 radical (unpaired) electrons. The van der Waals surface area contributed by atoms with Crippen molar-refractivity contribution in [2.24, 2.45) is 0 Å². The van der Waals surface area contributed by atoms with E-state index in [0.717, 1.165) is 15.3 Å².